The van der Waals surface area contributed by atoms with Crippen LogP contribution in [0.3, 0.4) is 0 Å². The topological polar surface area (TPSA) is 50.8 Å². The Morgan fingerprint density at radius 2 is 1.86 bits per heavy atom. The van der Waals surface area contributed by atoms with E-state index >= 15 is 0 Å². The molecule has 0 amide bonds. The number of anilines is 1. The van der Waals surface area contributed by atoms with Gasteiger partial charge in [-0.1, -0.05) is 35.9 Å². The molecule has 3 nitrogen and oxygen atoms in total. The third-order valence-electron chi connectivity index (χ3n) is 3.55. The zero-order valence-corrected chi connectivity index (χ0v) is 12.1. The summed E-state index contributed by atoms with van der Waals surface area (Å²) in [6, 6.07) is 15.8. The molecule has 0 N–H and O–H groups in total. The van der Waals surface area contributed by atoms with Crippen LogP contribution in [-0.2, 0) is 6.54 Å². The van der Waals surface area contributed by atoms with Crippen molar-refractivity contribution in [2.24, 2.45) is 0 Å². The highest BCUT2D eigenvalue weighted by atomic mass is 35.5. The SMILES string of the molecule is N#CC(C#N)=C1c2ccccc2CN1c1ccc(F)c(Cl)c1. The Hall–Kier alpha value is -2.82. The summed E-state index contributed by atoms with van der Waals surface area (Å²) in [5.41, 5.74) is 3.02. The molecule has 3 rings (SSSR count). The van der Waals surface area contributed by atoms with E-state index in [1.807, 2.05) is 36.4 Å². The number of nitriles is 2. The third kappa shape index (κ3) is 2.20. The predicted molar refractivity (Wildman–Crippen MR) is 82.2 cm³/mol. The Kier molecular flexibility index (Phi) is 3.55. The van der Waals surface area contributed by atoms with Gasteiger partial charge in [-0.25, -0.2) is 4.39 Å². The average Bonchev–Trinajstić information content (AvgIpc) is 2.91. The number of allylic oxidation sites excluding steroid dienone is 1. The Bertz CT molecular complexity index is 858. The van der Waals surface area contributed by atoms with Crippen molar-refractivity contribution in [2.45, 2.75) is 6.54 Å². The van der Waals surface area contributed by atoms with Gasteiger partial charge in [0.2, 0.25) is 0 Å². The van der Waals surface area contributed by atoms with Crippen LogP contribution in [0.4, 0.5) is 10.1 Å². The molecule has 5 heteroatoms. The molecule has 106 valence electrons. The van der Waals surface area contributed by atoms with Gasteiger partial charge in [-0.05, 0) is 23.8 Å². The third-order valence-corrected chi connectivity index (χ3v) is 3.84. The molecule has 0 fully saturated rings. The van der Waals surface area contributed by atoms with Crippen LogP contribution >= 0.6 is 11.6 Å². The fourth-order valence-corrected chi connectivity index (χ4v) is 2.73. The molecule has 2 aromatic rings. The Morgan fingerprint density at radius 3 is 2.55 bits per heavy atom. The van der Waals surface area contributed by atoms with E-state index < -0.39 is 5.82 Å². The number of hydrogen-bond acceptors (Lipinski definition) is 3. The molecule has 0 bridgehead atoms. The summed E-state index contributed by atoms with van der Waals surface area (Å²) in [6.45, 7) is 0.500. The molecule has 0 radical (unpaired) electrons. The van der Waals surface area contributed by atoms with Gasteiger partial charge in [0.1, 0.15) is 18.0 Å². The molecule has 1 heterocycles. The molecule has 1 aliphatic heterocycles. The number of nitrogens with zero attached hydrogens (tertiary/aromatic N) is 3. The standard InChI is InChI=1S/C17H9ClFN3/c18-15-7-13(5-6-16(15)19)22-10-11-3-1-2-4-14(11)17(22)12(8-20)9-21/h1-7H,10H2. The first-order valence-corrected chi connectivity index (χ1v) is 6.89. The fourth-order valence-electron chi connectivity index (χ4n) is 2.56. The van der Waals surface area contributed by atoms with Gasteiger partial charge in [0, 0.05) is 17.8 Å². The lowest BCUT2D eigenvalue weighted by molar-refractivity contribution is 0.628. The summed E-state index contributed by atoms with van der Waals surface area (Å²) in [5.74, 6) is -0.506. The molecule has 0 saturated carbocycles. The minimum absolute atomic E-state index is 0.00303. The van der Waals surface area contributed by atoms with Crippen molar-refractivity contribution in [1.29, 1.82) is 10.5 Å². The number of rotatable bonds is 1. The first-order valence-electron chi connectivity index (χ1n) is 6.51. The van der Waals surface area contributed by atoms with E-state index in [1.54, 1.807) is 11.0 Å². The van der Waals surface area contributed by atoms with E-state index in [1.165, 1.54) is 12.1 Å². The summed E-state index contributed by atoms with van der Waals surface area (Å²) >= 11 is 5.85. The van der Waals surface area contributed by atoms with Crippen LogP contribution in [0.1, 0.15) is 11.1 Å². The van der Waals surface area contributed by atoms with E-state index in [2.05, 4.69) is 0 Å². The summed E-state index contributed by atoms with van der Waals surface area (Å²) < 4.78 is 13.4. The summed E-state index contributed by atoms with van der Waals surface area (Å²) in [6.07, 6.45) is 0. The number of hydrogen-bond donors (Lipinski definition) is 0. The highest BCUT2D eigenvalue weighted by molar-refractivity contribution is 6.31. The molecular weight excluding hydrogens is 301 g/mol. The van der Waals surface area contributed by atoms with E-state index in [0.717, 1.165) is 11.1 Å². The molecule has 0 saturated heterocycles. The van der Waals surface area contributed by atoms with Crippen LogP contribution < -0.4 is 4.90 Å². The highest BCUT2D eigenvalue weighted by Gasteiger charge is 2.28. The van der Waals surface area contributed by atoms with E-state index in [0.29, 0.717) is 17.9 Å². The van der Waals surface area contributed by atoms with Crippen molar-refractivity contribution < 1.29 is 4.39 Å². The molecule has 0 aliphatic carbocycles. The van der Waals surface area contributed by atoms with Gasteiger partial charge < -0.3 is 4.90 Å². The van der Waals surface area contributed by atoms with Gasteiger partial charge in [0.05, 0.1) is 10.7 Å². The summed E-state index contributed by atoms with van der Waals surface area (Å²) in [4.78, 5) is 1.80. The van der Waals surface area contributed by atoms with Gasteiger partial charge in [0.25, 0.3) is 0 Å². The summed E-state index contributed by atoms with van der Waals surface area (Å²) in [7, 11) is 0. The van der Waals surface area contributed by atoms with Crippen molar-refractivity contribution in [1.82, 2.24) is 0 Å². The summed E-state index contributed by atoms with van der Waals surface area (Å²) in [5, 5.41) is 18.5. The van der Waals surface area contributed by atoms with Gasteiger partial charge >= 0.3 is 0 Å². The second-order valence-corrected chi connectivity index (χ2v) is 5.20. The van der Waals surface area contributed by atoms with Crippen LogP contribution in [0.25, 0.3) is 5.70 Å². The minimum Gasteiger partial charge on any atom is -0.335 e. The molecule has 0 atom stereocenters. The van der Waals surface area contributed by atoms with Crippen LogP contribution in [0.5, 0.6) is 0 Å². The quantitative estimate of drug-likeness (QED) is 0.740. The van der Waals surface area contributed by atoms with Gasteiger partial charge in [-0.2, -0.15) is 10.5 Å². The van der Waals surface area contributed by atoms with Crippen LogP contribution in [0.15, 0.2) is 48.0 Å². The molecule has 22 heavy (non-hydrogen) atoms. The first-order chi connectivity index (χ1) is 10.7. The number of benzene rings is 2. The lowest BCUT2D eigenvalue weighted by Gasteiger charge is -2.21. The van der Waals surface area contributed by atoms with E-state index in [9.17, 15) is 14.9 Å². The Morgan fingerprint density at radius 1 is 1.14 bits per heavy atom. The highest BCUT2D eigenvalue weighted by Crippen LogP contribution is 2.39. The van der Waals surface area contributed by atoms with Crippen LogP contribution in [-0.4, -0.2) is 0 Å². The van der Waals surface area contributed by atoms with Crippen molar-refractivity contribution in [3.05, 3.63) is 70.0 Å². The van der Waals surface area contributed by atoms with Crippen molar-refractivity contribution in [3.63, 3.8) is 0 Å². The lowest BCUT2D eigenvalue weighted by atomic mass is 10.1. The smallest absolute Gasteiger partial charge is 0.153 e. The molecule has 1 aliphatic rings. The van der Waals surface area contributed by atoms with E-state index in [4.69, 9.17) is 11.6 Å². The van der Waals surface area contributed by atoms with E-state index in [-0.39, 0.29) is 10.6 Å². The first kappa shape index (κ1) is 14.1. The van der Waals surface area contributed by atoms with Crippen LogP contribution in [0, 0.1) is 28.5 Å². The molecule has 0 spiro atoms. The molecule has 0 unspecified atom stereocenters. The Labute approximate surface area is 132 Å². The average molecular weight is 310 g/mol. The minimum atomic E-state index is -0.506. The van der Waals surface area contributed by atoms with Gasteiger partial charge in [-0.15, -0.1) is 0 Å². The van der Waals surface area contributed by atoms with Gasteiger partial charge in [-0.3, -0.25) is 0 Å². The lowest BCUT2D eigenvalue weighted by Crippen LogP contribution is -2.15. The second kappa shape index (κ2) is 5.52. The van der Waals surface area contributed by atoms with Crippen molar-refractivity contribution in [3.8, 4) is 12.1 Å². The molecular formula is C17H9ClFN3. The molecule has 0 aromatic heterocycles. The fraction of sp³-hybridized carbons (Fsp3) is 0.0588. The van der Waals surface area contributed by atoms with Crippen molar-refractivity contribution in [2.75, 3.05) is 4.90 Å². The van der Waals surface area contributed by atoms with Crippen molar-refractivity contribution >= 4 is 23.0 Å². The molecule has 2 aromatic carbocycles. The number of halogens is 2. The largest absolute Gasteiger partial charge is 0.335 e. The zero-order valence-electron chi connectivity index (χ0n) is 11.3. The van der Waals surface area contributed by atoms with Gasteiger partial charge in [0.15, 0.2) is 5.57 Å². The normalized spacial score (nSPS) is 12.5. The maximum absolute atomic E-state index is 13.4. The van der Waals surface area contributed by atoms with Crippen LogP contribution in [0.2, 0.25) is 5.02 Å². The Balaban J connectivity index is 2.21. The monoisotopic (exact) mass is 309 g/mol. The maximum Gasteiger partial charge on any atom is 0.153 e. The zero-order chi connectivity index (χ0) is 15.7. The predicted octanol–water partition coefficient (Wildman–Crippen LogP) is 4.26. The number of fused-ring (bicyclic) bond motifs is 1. The second-order valence-electron chi connectivity index (χ2n) is 4.79. The maximum atomic E-state index is 13.4.